The van der Waals surface area contributed by atoms with E-state index in [9.17, 15) is 13.2 Å². The number of imidazole rings is 1. The van der Waals surface area contributed by atoms with Crippen LogP contribution in [0.1, 0.15) is 11.4 Å². The average Bonchev–Trinajstić information content (AvgIpc) is 3.05. The molecule has 0 radical (unpaired) electrons. The lowest BCUT2D eigenvalue weighted by atomic mass is 10.2. The number of benzene rings is 1. The van der Waals surface area contributed by atoms with Gasteiger partial charge in [-0.1, -0.05) is 17.7 Å². The molecule has 1 N–H and O–H groups in total. The molecule has 0 aliphatic carbocycles. The van der Waals surface area contributed by atoms with Crippen molar-refractivity contribution in [3.63, 3.8) is 0 Å². The van der Waals surface area contributed by atoms with Crippen LogP contribution in [-0.2, 0) is 23.6 Å². The first kappa shape index (κ1) is 18.4. The first-order valence-corrected chi connectivity index (χ1v) is 9.88. The topological polar surface area (TPSA) is 87.5 Å². The summed E-state index contributed by atoms with van der Waals surface area (Å²) >= 11 is 0. The van der Waals surface area contributed by atoms with Gasteiger partial charge in [0.2, 0.25) is 10.0 Å². The lowest BCUT2D eigenvalue weighted by Crippen LogP contribution is -2.53. The van der Waals surface area contributed by atoms with E-state index in [2.05, 4.69) is 10.3 Å². The summed E-state index contributed by atoms with van der Waals surface area (Å²) in [6.45, 7) is 3.54. The van der Waals surface area contributed by atoms with Gasteiger partial charge in [-0.3, -0.25) is 0 Å². The number of nitrogens with zero attached hydrogens (tertiary/aromatic N) is 4. The van der Waals surface area contributed by atoms with Crippen LogP contribution in [-0.4, -0.2) is 59.4 Å². The summed E-state index contributed by atoms with van der Waals surface area (Å²) in [6, 6.07) is 6.61. The number of carbonyl (C=O) groups is 1. The van der Waals surface area contributed by atoms with Crippen LogP contribution in [0.5, 0.6) is 0 Å². The second-order valence-corrected chi connectivity index (χ2v) is 8.26. The Hall–Kier alpha value is -2.39. The van der Waals surface area contributed by atoms with Gasteiger partial charge in [-0.15, -0.1) is 0 Å². The Morgan fingerprint density at radius 2 is 1.81 bits per heavy atom. The third kappa shape index (κ3) is 3.88. The Bertz CT molecular complexity index is 868. The molecule has 1 aliphatic heterocycles. The SMILES string of the molecule is Cc1ccc(S(=O)(=O)N2CCN(C(=O)NCc3nccn3C)CC2)cc1. The molecule has 9 heteroatoms. The molecule has 8 nitrogen and oxygen atoms in total. The average molecular weight is 377 g/mol. The Morgan fingerprint density at radius 1 is 1.15 bits per heavy atom. The normalized spacial score (nSPS) is 15.8. The summed E-state index contributed by atoms with van der Waals surface area (Å²) < 4.78 is 28.6. The highest BCUT2D eigenvalue weighted by atomic mass is 32.2. The van der Waals surface area contributed by atoms with E-state index in [-0.39, 0.29) is 24.0 Å². The van der Waals surface area contributed by atoms with Crippen LogP contribution < -0.4 is 5.32 Å². The molecule has 0 unspecified atom stereocenters. The van der Waals surface area contributed by atoms with Gasteiger partial charge in [-0.2, -0.15) is 4.31 Å². The predicted octanol–water partition coefficient (Wildman–Crippen LogP) is 0.945. The van der Waals surface area contributed by atoms with Crippen LogP contribution in [0.2, 0.25) is 0 Å². The molecule has 140 valence electrons. The maximum absolute atomic E-state index is 12.7. The summed E-state index contributed by atoms with van der Waals surface area (Å²) in [5.41, 5.74) is 1.01. The molecular formula is C17H23N5O3S. The Morgan fingerprint density at radius 3 is 2.38 bits per heavy atom. The fourth-order valence-electron chi connectivity index (χ4n) is 2.82. The van der Waals surface area contributed by atoms with Crippen molar-refractivity contribution < 1.29 is 13.2 Å². The molecule has 0 atom stereocenters. The van der Waals surface area contributed by atoms with E-state index in [1.165, 1.54) is 4.31 Å². The summed E-state index contributed by atoms with van der Waals surface area (Å²) in [4.78, 5) is 18.4. The van der Waals surface area contributed by atoms with Crippen molar-refractivity contribution in [3.05, 3.63) is 48.0 Å². The van der Waals surface area contributed by atoms with Crippen molar-refractivity contribution in [2.24, 2.45) is 7.05 Å². The maximum atomic E-state index is 12.7. The molecule has 0 saturated carbocycles. The molecule has 1 aliphatic rings. The van der Waals surface area contributed by atoms with Gasteiger partial charge >= 0.3 is 6.03 Å². The molecule has 2 heterocycles. The molecule has 1 saturated heterocycles. The highest BCUT2D eigenvalue weighted by molar-refractivity contribution is 7.89. The highest BCUT2D eigenvalue weighted by Crippen LogP contribution is 2.18. The first-order valence-electron chi connectivity index (χ1n) is 8.44. The van der Waals surface area contributed by atoms with Crippen LogP contribution in [0, 0.1) is 6.92 Å². The number of amides is 2. The number of hydrogen-bond acceptors (Lipinski definition) is 4. The molecule has 1 fully saturated rings. The van der Waals surface area contributed by atoms with Crippen molar-refractivity contribution in [2.45, 2.75) is 18.4 Å². The van der Waals surface area contributed by atoms with Crippen LogP contribution in [0.3, 0.4) is 0 Å². The minimum absolute atomic E-state index is 0.208. The number of piperazine rings is 1. The first-order chi connectivity index (χ1) is 12.4. The van der Waals surface area contributed by atoms with E-state index in [0.29, 0.717) is 19.6 Å². The largest absolute Gasteiger partial charge is 0.337 e. The van der Waals surface area contributed by atoms with E-state index >= 15 is 0 Å². The Balaban J connectivity index is 1.55. The number of hydrogen-bond donors (Lipinski definition) is 1. The summed E-state index contributed by atoms with van der Waals surface area (Å²) in [5.74, 6) is 0.763. The zero-order valence-corrected chi connectivity index (χ0v) is 15.7. The molecule has 2 amide bonds. The van der Waals surface area contributed by atoms with Crippen molar-refractivity contribution in [3.8, 4) is 0 Å². The number of aryl methyl sites for hydroxylation is 2. The van der Waals surface area contributed by atoms with E-state index in [0.717, 1.165) is 11.4 Å². The van der Waals surface area contributed by atoms with Gasteiger partial charge in [0.15, 0.2) is 0 Å². The Kier molecular flexibility index (Phi) is 5.28. The summed E-state index contributed by atoms with van der Waals surface area (Å²) in [6.07, 6.45) is 3.49. The van der Waals surface area contributed by atoms with Gasteiger partial charge in [0.1, 0.15) is 5.82 Å². The number of aromatic nitrogens is 2. The smallest absolute Gasteiger partial charge is 0.317 e. The molecule has 0 spiro atoms. The molecule has 2 aromatic rings. The molecule has 1 aromatic heterocycles. The molecular weight excluding hydrogens is 354 g/mol. The number of nitrogens with one attached hydrogen (secondary N) is 1. The van der Waals surface area contributed by atoms with Crippen LogP contribution in [0.15, 0.2) is 41.6 Å². The van der Waals surface area contributed by atoms with E-state index in [1.54, 1.807) is 35.4 Å². The minimum atomic E-state index is -3.52. The van der Waals surface area contributed by atoms with E-state index in [4.69, 9.17) is 0 Å². The van der Waals surface area contributed by atoms with Gasteiger partial charge in [-0.25, -0.2) is 18.2 Å². The fourth-order valence-corrected chi connectivity index (χ4v) is 4.25. The standard InChI is InChI=1S/C17H23N5O3S/c1-14-3-5-15(6-4-14)26(24,25)22-11-9-21(10-12-22)17(23)19-13-16-18-7-8-20(16)2/h3-8H,9-13H2,1-2H3,(H,19,23). The molecule has 1 aromatic carbocycles. The van der Waals surface area contributed by atoms with Gasteiger partial charge in [0.25, 0.3) is 0 Å². The third-order valence-corrected chi connectivity index (χ3v) is 6.42. The van der Waals surface area contributed by atoms with Crippen LogP contribution >= 0.6 is 0 Å². The molecule has 0 bridgehead atoms. The van der Waals surface area contributed by atoms with E-state index < -0.39 is 10.0 Å². The zero-order valence-electron chi connectivity index (χ0n) is 14.9. The lowest BCUT2D eigenvalue weighted by Gasteiger charge is -2.34. The van der Waals surface area contributed by atoms with Crippen LogP contribution in [0.25, 0.3) is 0 Å². The lowest BCUT2D eigenvalue weighted by molar-refractivity contribution is 0.171. The number of sulfonamides is 1. The second kappa shape index (κ2) is 7.46. The number of urea groups is 1. The maximum Gasteiger partial charge on any atom is 0.317 e. The monoisotopic (exact) mass is 377 g/mol. The van der Waals surface area contributed by atoms with Crippen molar-refractivity contribution in [2.75, 3.05) is 26.2 Å². The van der Waals surface area contributed by atoms with Crippen LogP contribution in [0.4, 0.5) is 4.79 Å². The van der Waals surface area contributed by atoms with Gasteiger partial charge in [0.05, 0.1) is 11.4 Å². The fraction of sp³-hybridized carbons (Fsp3) is 0.412. The van der Waals surface area contributed by atoms with Gasteiger partial charge < -0.3 is 14.8 Å². The Labute approximate surface area is 153 Å². The predicted molar refractivity (Wildman–Crippen MR) is 97.0 cm³/mol. The van der Waals surface area contributed by atoms with Gasteiger partial charge in [0, 0.05) is 45.6 Å². The summed E-state index contributed by atoms with van der Waals surface area (Å²) in [7, 11) is -1.66. The summed E-state index contributed by atoms with van der Waals surface area (Å²) in [5, 5.41) is 2.82. The number of carbonyl (C=O) groups excluding carboxylic acids is 1. The van der Waals surface area contributed by atoms with Crippen molar-refractivity contribution in [1.82, 2.24) is 24.1 Å². The second-order valence-electron chi connectivity index (χ2n) is 6.32. The molecule has 26 heavy (non-hydrogen) atoms. The molecule has 3 rings (SSSR count). The minimum Gasteiger partial charge on any atom is -0.337 e. The highest BCUT2D eigenvalue weighted by Gasteiger charge is 2.30. The quantitative estimate of drug-likeness (QED) is 0.859. The van der Waals surface area contributed by atoms with Gasteiger partial charge in [-0.05, 0) is 19.1 Å². The van der Waals surface area contributed by atoms with Crippen molar-refractivity contribution in [1.29, 1.82) is 0 Å². The zero-order chi connectivity index (χ0) is 18.7. The van der Waals surface area contributed by atoms with Crippen molar-refractivity contribution >= 4 is 16.1 Å². The third-order valence-electron chi connectivity index (χ3n) is 4.50. The number of rotatable bonds is 4. The van der Waals surface area contributed by atoms with E-state index in [1.807, 2.05) is 24.7 Å².